The minimum absolute atomic E-state index is 0. The van der Waals surface area contributed by atoms with Gasteiger partial charge in [-0.25, -0.2) is 0 Å². The Labute approximate surface area is 149 Å². The number of hydrogen-bond acceptors (Lipinski definition) is 3. The molecule has 2 N–H and O–H groups in total. The van der Waals surface area contributed by atoms with Gasteiger partial charge in [0.15, 0.2) is 0 Å². The number of amides is 2. The number of halogens is 1. The van der Waals surface area contributed by atoms with Crippen molar-refractivity contribution in [3.05, 3.63) is 35.9 Å². The number of carbonyl (C=O) groups excluding carboxylic acids is 2. The molecule has 5 nitrogen and oxygen atoms in total. The van der Waals surface area contributed by atoms with E-state index in [0.717, 1.165) is 37.9 Å². The number of nitrogens with one attached hydrogen (secondary N) is 2. The lowest BCUT2D eigenvalue weighted by molar-refractivity contribution is -0.132. The van der Waals surface area contributed by atoms with Crippen LogP contribution in [-0.4, -0.2) is 43.4 Å². The Morgan fingerprint density at radius 1 is 1.25 bits per heavy atom. The summed E-state index contributed by atoms with van der Waals surface area (Å²) in [6.07, 6.45) is 3.13. The number of carbonyl (C=O) groups is 2. The second kappa shape index (κ2) is 7.99. The fourth-order valence-corrected chi connectivity index (χ4v) is 3.56. The van der Waals surface area contributed by atoms with Gasteiger partial charge in [-0.1, -0.05) is 30.3 Å². The summed E-state index contributed by atoms with van der Waals surface area (Å²) in [7, 11) is 1.77. The lowest BCUT2D eigenvalue weighted by atomic mass is 9.92. The number of likely N-dealkylation sites (N-methyl/N-ethyl adjacent to an activating group) is 1. The molecule has 0 aromatic heterocycles. The van der Waals surface area contributed by atoms with Crippen molar-refractivity contribution in [3.63, 3.8) is 0 Å². The molecule has 2 amide bonds. The highest BCUT2D eigenvalue weighted by Crippen LogP contribution is 2.58. The number of benzene rings is 1. The van der Waals surface area contributed by atoms with E-state index in [9.17, 15) is 9.59 Å². The fraction of sp³-hybridized carbons (Fsp3) is 0.556. The van der Waals surface area contributed by atoms with Crippen LogP contribution in [0, 0.1) is 11.3 Å². The maximum atomic E-state index is 12.3. The molecule has 1 saturated carbocycles. The number of piperidine rings is 1. The molecule has 1 aliphatic carbocycles. The quantitative estimate of drug-likeness (QED) is 0.846. The van der Waals surface area contributed by atoms with Gasteiger partial charge in [0, 0.05) is 19.5 Å². The SMILES string of the molecule is CN(Cc1ccccc1)C(=O)CNC(=O)C1CC12CCNCC2.Cl. The van der Waals surface area contributed by atoms with Gasteiger partial charge in [-0.05, 0) is 43.3 Å². The summed E-state index contributed by atoms with van der Waals surface area (Å²) < 4.78 is 0. The molecule has 1 spiro atoms. The molecule has 1 aromatic rings. The Kier molecular flexibility index (Phi) is 6.24. The summed E-state index contributed by atoms with van der Waals surface area (Å²) in [5.41, 5.74) is 1.31. The monoisotopic (exact) mass is 351 g/mol. The van der Waals surface area contributed by atoms with Crippen molar-refractivity contribution in [1.29, 1.82) is 0 Å². The highest BCUT2D eigenvalue weighted by atomic mass is 35.5. The third kappa shape index (κ3) is 4.28. The van der Waals surface area contributed by atoms with Crippen molar-refractivity contribution in [3.8, 4) is 0 Å². The van der Waals surface area contributed by atoms with Crippen LogP contribution >= 0.6 is 12.4 Å². The van der Waals surface area contributed by atoms with Gasteiger partial charge < -0.3 is 15.5 Å². The van der Waals surface area contributed by atoms with Crippen LogP contribution in [0.25, 0.3) is 0 Å². The second-order valence-corrected chi connectivity index (χ2v) is 6.82. The van der Waals surface area contributed by atoms with Gasteiger partial charge in [0.25, 0.3) is 0 Å². The molecule has 24 heavy (non-hydrogen) atoms. The highest BCUT2D eigenvalue weighted by Gasteiger charge is 2.57. The summed E-state index contributed by atoms with van der Waals surface area (Å²) >= 11 is 0. The van der Waals surface area contributed by atoms with E-state index < -0.39 is 0 Å². The van der Waals surface area contributed by atoms with Gasteiger partial charge in [-0.3, -0.25) is 9.59 Å². The van der Waals surface area contributed by atoms with Crippen LogP contribution in [0.15, 0.2) is 30.3 Å². The van der Waals surface area contributed by atoms with E-state index in [1.807, 2.05) is 30.3 Å². The lowest BCUT2D eigenvalue weighted by Crippen LogP contribution is -2.39. The Hall–Kier alpha value is -1.59. The summed E-state index contributed by atoms with van der Waals surface area (Å²) in [5, 5.41) is 6.17. The first-order chi connectivity index (χ1) is 11.1. The first-order valence-electron chi connectivity index (χ1n) is 8.37. The molecule has 2 aliphatic rings. The number of nitrogens with zero attached hydrogens (tertiary/aromatic N) is 1. The lowest BCUT2D eigenvalue weighted by Gasteiger charge is -2.23. The first kappa shape index (κ1) is 18.7. The predicted octanol–water partition coefficient (Wildman–Crippen LogP) is 1.57. The largest absolute Gasteiger partial charge is 0.347 e. The predicted molar refractivity (Wildman–Crippen MR) is 95.8 cm³/mol. The third-order valence-electron chi connectivity index (χ3n) is 5.21. The fourth-order valence-electron chi connectivity index (χ4n) is 3.56. The van der Waals surface area contributed by atoms with Gasteiger partial charge in [0.2, 0.25) is 11.8 Å². The summed E-state index contributed by atoms with van der Waals surface area (Å²) in [6.45, 7) is 2.66. The standard InChI is InChI=1S/C18H25N3O2.ClH/c1-21(13-14-5-3-2-4-6-14)16(22)12-20-17(23)15-11-18(15)7-9-19-10-8-18;/h2-6,15,19H,7-13H2,1H3,(H,20,23);1H. The van der Waals surface area contributed by atoms with Gasteiger partial charge in [-0.15, -0.1) is 12.4 Å². The van der Waals surface area contributed by atoms with Crippen LogP contribution in [0.3, 0.4) is 0 Å². The summed E-state index contributed by atoms with van der Waals surface area (Å²) in [4.78, 5) is 26.1. The molecule has 3 rings (SSSR count). The molecule has 6 heteroatoms. The molecular weight excluding hydrogens is 326 g/mol. The van der Waals surface area contributed by atoms with Crippen LogP contribution in [0.2, 0.25) is 0 Å². The van der Waals surface area contributed by atoms with Crippen LogP contribution in [0.1, 0.15) is 24.8 Å². The van der Waals surface area contributed by atoms with Gasteiger partial charge in [0.1, 0.15) is 0 Å². The smallest absolute Gasteiger partial charge is 0.242 e. The molecule has 1 heterocycles. The Morgan fingerprint density at radius 3 is 2.58 bits per heavy atom. The van der Waals surface area contributed by atoms with Crippen molar-refractivity contribution in [2.75, 3.05) is 26.7 Å². The molecule has 1 saturated heterocycles. The molecule has 1 unspecified atom stereocenters. The van der Waals surface area contributed by atoms with Gasteiger partial charge in [-0.2, -0.15) is 0 Å². The molecule has 132 valence electrons. The normalized spacial score (nSPS) is 20.8. The maximum absolute atomic E-state index is 12.3. The first-order valence-corrected chi connectivity index (χ1v) is 8.37. The molecular formula is C18H26ClN3O2. The van der Waals surface area contributed by atoms with Crippen molar-refractivity contribution < 1.29 is 9.59 Å². The summed E-state index contributed by atoms with van der Waals surface area (Å²) in [6, 6.07) is 9.86. The molecule has 1 atom stereocenters. The van der Waals surface area contributed by atoms with Crippen molar-refractivity contribution in [2.45, 2.75) is 25.8 Å². The minimum Gasteiger partial charge on any atom is -0.347 e. The average molecular weight is 352 g/mol. The van der Waals surface area contributed by atoms with E-state index in [4.69, 9.17) is 0 Å². The van der Waals surface area contributed by atoms with E-state index in [-0.39, 0.29) is 42.1 Å². The molecule has 0 bridgehead atoms. The molecule has 2 fully saturated rings. The van der Waals surface area contributed by atoms with E-state index in [1.54, 1.807) is 11.9 Å². The van der Waals surface area contributed by atoms with Gasteiger partial charge in [0.05, 0.1) is 6.54 Å². The molecule has 1 aromatic carbocycles. The Bertz CT molecular complexity index is 573. The molecule has 1 aliphatic heterocycles. The zero-order valence-corrected chi connectivity index (χ0v) is 14.9. The topological polar surface area (TPSA) is 61.4 Å². The second-order valence-electron chi connectivity index (χ2n) is 6.82. The number of hydrogen-bond donors (Lipinski definition) is 2. The van der Waals surface area contributed by atoms with Crippen molar-refractivity contribution >= 4 is 24.2 Å². The van der Waals surface area contributed by atoms with Crippen molar-refractivity contribution in [1.82, 2.24) is 15.5 Å². The van der Waals surface area contributed by atoms with E-state index in [1.165, 1.54) is 0 Å². The summed E-state index contributed by atoms with van der Waals surface area (Å²) in [5.74, 6) is 0.104. The Morgan fingerprint density at radius 2 is 1.92 bits per heavy atom. The van der Waals surface area contributed by atoms with Gasteiger partial charge >= 0.3 is 0 Å². The minimum atomic E-state index is -0.0535. The van der Waals surface area contributed by atoms with Crippen LogP contribution < -0.4 is 10.6 Å². The van der Waals surface area contributed by atoms with Crippen LogP contribution in [-0.2, 0) is 16.1 Å². The highest BCUT2D eigenvalue weighted by molar-refractivity contribution is 5.87. The van der Waals surface area contributed by atoms with E-state index in [0.29, 0.717) is 6.54 Å². The van der Waals surface area contributed by atoms with E-state index in [2.05, 4.69) is 10.6 Å². The van der Waals surface area contributed by atoms with Crippen LogP contribution in [0.4, 0.5) is 0 Å². The molecule has 0 radical (unpaired) electrons. The Balaban J connectivity index is 0.00000208. The number of rotatable bonds is 5. The van der Waals surface area contributed by atoms with Crippen molar-refractivity contribution in [2.24, 2.45) is 11.3 Å². The van der Waals surface area contributed by atoms with Crippen LogP contribution in [0.5, 0.6) is 0 Å². The third-order valence-corrected chi connectivity index (χ3v) is 5.21. The van der Waals surface area contributed by atoms with E-state index >= 15 is 0 Å². The average Bonchev–Trinajstić information content (AvgIpc) is 3.27. The maximum Gasteiger partial charge on any atom is 0.242 e. The zero-order chi connectivity index (χ0) is 16.3. The zero-order valence-electron chi connectivity index (χ0n) is 14.1.